The smallest absolute Gasteiger partial charge is 0.289 e. The monoisotopic (exact) mass is 414 g/mol. The second-order valence-corrected chi connectivity index (χ2v) is 6.19. The molecule has 132 valence electrons. The number of rotatable bonds is 5. The largest absolute Gasteiger partial charge is 0.507 e. The zero-order chi connectivity index (χ0) is 18.5. The number of nitrogens with zero attached hydrogens (tertiary/aromatic N) is 2. The Morgan fingerprint density at radius 2 is 2.12 bits per heavy atom. The van der Waals surface area contributed by atoms with Crippen molar-refractivity contribution >= 4 is 28.1 Å². The fourth-order valence-electron chi connectivity index (χ4n) is 2.28. The number of H-pyrrole nitrogens is 1. The quantitative estimate of drug-likeness (QED) is 0.440. The molecule has 1 heterocycles. The van der Waals surface area contributed by atoms with Gasteiger partial charge in [0.25, 0.3) is 5.91 Å². The molecule has 0 bridgehead atoms. The van der Waals surface area contributed by atoms with Crippen LogP contribution < -0.4 is 10.2 Å². The Morgan fingerprint density at radius 1 is 1.31 bits per heavy atom. The average Bonchev–Trinajstić information content (AvgIpc) is 3.14. The molecule has 8 heteroatoms. The van der Waals surface area contributed by atoms with Crippen LogP contribution in [0, 0.1) is 0 Å². The van der Waals surface area contributed by atoms with Gasteiger partial charge in [0.1, 0.15) is 17.2 Å². The van der Waals surface area contributed by atoms with Gasteiger partial charge in [-0.25, -0.2) is 5.43 Å². The van der Waals surface area contributed by atoms with Crippen LogP contribution in [0.4, 0.5) is 0 Å². The van der Waals surface area contributed by atoms with Gasteiger partial charge in [-0.05, 0) is 36.4 Å². The number of benzene rings is 2. The molecule has 0 fully saturated rings. The summed E-state index contributed by atoms with van der Waals surface area (Å²) in [6.07, 6.45) is 1.36. The fourth-order valence-corrected chi connectivity index (χ4v) is 2.66. The van der Waals surface area contributed by atoms with Crippen molar-refractivity contribution in [1.29, 1.82) is 0 Å². The van der Waals surface area contributed by atoms with Crippen molar-refractivity contribution < 1.29 is 14.6 Å². The van der Waals surface area contributed by atoms with Crippen molar-refractivity contribution in [3.63, 3.8) is 0 Å². The van der Waals surface area contributed by atoms with E-state index in [9.17, 15) is 9.90 Å². The SMILES string of the molecule is COc1ccccc1-c1cc(C(=O)NN=Cc2cc(Br)ccc2O)[nH]n1. The van der Waals surface area contributed by atoms with E-state index in [0.717, 1.165) is 10.0 Å². The molecule has 0 atom stereocenters. The number of hydrogen-bond acceptors (Lipinski definition) is 5. The molecule has 0 unspecified atom stereocenters. The lowest BCUT2D eigenvalue weighted by atomic mass is 10.1. The van der Waals surface area contributed by atoms with Gasteiger partial charge < -0.3 is 9.84 Å². The van der Waals surface area contributed by atoms with E-state index in [4.69, 9.17) is 4.74 Å². The lowest BCUT2D eigenvalue weighted by molar-refractivity contribution is 0.0950. The molecule has 0 saturated carbocycles. The fraction of sp³-hybridized carbons (Fsp3) is 0.0556. The molecular formula is C18H15BrN4O3. The third kappa shape index (κ3) is 3.92. The first-order chi connectivity index (χ1) is 12.6. The van der Waals surface area contributed by atoms with Crippen molar-refractivity contribution in [3.05, 3.63) is 64.3 Å². The first-order valence-electron chi connectivity index (χ1n) is 7.59. The number of aromatic nitrogens is 2. The number of ether oxygens (including phenoxy) is 1. The third-order valence-electron chi connectivity index (χ3n) is 3.56. The van der Waals surface area contributed by atoms with Crippen LogP contribution in [0.3, 0.4) is 0 Å². The Hall–Kier alpha value is -3.13. The average molecular weight is 415 g/mol. The van der Waals surface area contributed by atoms with Crippen molar-refractivity contribution in [2.45, 2.75) is 0 Å². The van der Waals surface area contributed by atoms with Gasteiger partial charge >= 0.3 is 0 Å². The number of aromatic hydroxyl groups is 1. The predicted molar refractivity (Wildman–Crippen MR) is 101 cm³/mol. The van der Waals surface area contributed by atoms with Crippen molar-refractivity contribution in [2.24, 2.45) is 5.10 Å². The Bertz CT molecular complexity index is 969. The van der Waals surface area contributed by atoms with Crippen LogP contribution in [0.25, 0.3) is 11.3 Å². The molecule has 3 aromatic rings. The standard InChI is InChI=1S/C18H15BrN4O3/c1-26-17-5-3-2-4-13(17)14-9-15(22-21-14)18(25)23-20-10-11-8-12(19)6-7-16(11)24/h2-10,24H,1H3,(H,21,22)(H,23,25). The number of methoxy groups -OCH3 is 1. The van der Waals surface area contributed by atoms with E-state index in [1.165, 1.54) is 12.3 Å². The summed E-state index contributed by atoms with van der Waals surface area (Å²) in [5.74, 6) is 0.268. The molecule has 0 radical (unpaired) electrons. The van der Waals surface area contributed by atoms with E-state index in [2.05, 4.69) is 36.7 Å². The summed E-state index contributed by atoms with van der Waals surface area (Å²) in [6.45, 7) is 0. The summed E-state index contributed by atoms with van der Waals surface area (Å²) in [5.41, 5.74) is 4.47. The predicted octanol–water partition coefficient (Wildman–Crippen LogP) is 3.32. The number of amides is 1. The number of aromatic amines is 1. The maximum Gasteiger partial charge on any atom is 0.289 e. The van der Waals surface area contributed by atoms with Crippen LogP contribution in [0.1, 0.15) is 16.1 Å². The van der Waals surface area contributed by atoms with E-state index in [1.54, 1.807) is 25.3 Å². The molecule has 0 saturated heterocycles. The van der Waals surface area contributed by atoms with Gasteiger partial charge in [0, 0.05) is 15.6 Å². The minimum Gasteiger partial charge on any atom is -0.507 e. The number of carbonyl (C=O) groups is 1. The van der Waals surface area contributed by atoms with E-state index >= 15 is 0 Å². The maximum absolute atomic E-state index is 12.2. The van der Waals surface area contributed by atoms with Gasteiger partial charge in [-0.3, -0.25) is 9.89 Å². The number of hydrazone groups is 1. The molecule has 0 aliphatic heterocycles. The molecule has 0 spiro atoms. The summed E-state index contributed by atoms with van der Waals surface area (Å²) in [4.78, 5) is 12.2. The number of carbonyl (C=O) groups excluding carboxylic acids is 1. The number of para-hydroxylation sites is 1. The van der Waals surface area contributed by atoms with E-state index in [0.29, 0.717) is 17.0 Å². The van der Waals surface area contributed by atoms with Crippen LogP contribution in [-0.2, 0) is 0 Å². The van der Waals surface area contributed by atoms with Gasteiger partial charge in [0.2, 0.25) is 0 Å². The summed E-state index contributed by atoms with van der Waals surface area (Å²) < 4.78 is 6.09. The Labute approximate surface area is 157 Å². The van der Waals surface area contributed by atoms with Gasteiger partial charge in [-0.2, -0.15) is 10.2 Å². The highest BCUT2D eigenvalue weighted by Gasteiger charge is 2.13. The molecular weight excluding hydrogens is 400 g/mol. The van der Waals surface area contributed by atoms with E-state index in [-0.39, 0.29) is 11.4 Å². The minimum atomic E-state index is -0.454. The first kappa shape index (κ1) is 17.7. The molecule has 3 rings (SSSR count). The van der Waals surface area contributed by atoms with E-state index in [1.807, 2.05) is 24.3 Å². The Kier molecular flexibility index (Phi) is 5.33. The molecule has 3 N–H and O–H groups in total. The molecule has 0 aliphatic carbocycles. The molecule has 1 amide bonds. The molecule has 1 aromatic heterocycles. The van der Waals surface area contributed by atoms with Gasteiger partial charge in [-0.15, -0.1) is 0 Å². The second-order valence-electron chi connectivity index (χ2n) is 5.27. The van der Waals surface area contributed by atoms with Crippen molar-refractivity contribution in [3.8, 4) is 22.8 Å². The summed E-state index contributed by atoms with van der Waals surface area (Å²) >= 11 is 3.31. The van der Waals surface area contributed by atoms with Crippen molar-refractivity contribution in [1.82, 2.24) is 15.6 Å². The normalized spacial score (nSPS) is 10.8. The maximum atomic E-state index is 12.2. The van der Waals surface area contributed by atoms with Gasteiger partial charge in [0.05, 0.1) is 19.0 Å². The van der Waals surface area contributed by atoms with E-state index < -0.39 is 5.91 Å². The van der Waals surface area contributed by atoms with Gasteiger partial charge in [0.15, 0.2) is 0 Å². The number of hydrogen-bond donors (Lipinski definition) is 3. The Morgan fingerprint density at radius 3 is 2.92 bits per heavy atom. The van der Waals surface area contributed by atoms with Crippen LogP contribution in [0.15, 0.2) is 58.1 Å². The van der Waals surface area contributed by atoms with Crippen LogP contribution in [0.5, 0.6) is 11.5 Å². The summed E-state index contributed by atoms with van der Waals surface area (Å²) in [7, 11) is 1.57. The zero-order valence-electron chi connectivity index (χ0n) is 13.7. The summed E-state index contributed by atoms with van der Waals surface area (Å²) in [5, 5.41) is 20.4. The number of halogens is 1. The van der Waals surface area contributed by atoms with Crippen LogP contribution in [-0.4, -0.2) is 34.5 Å². The first-order valence-corrected chi connectivity index (χ1v) is 8.38. The van der Waals surface area contributed by atoms with Gasteiger partial charge in [-0.1, -0.05) is 28.1 Å². The number of nitrogens with one attached hydrogen (secondary N) is 2. The summed E-state index contributed by atoms with van der Waals surface area (Å²) in [6, 6.07) is 13.9. The number of phenols is 1. The zero-order valence-corrected chi connectivity index (χ0v) is 15.3. The highest BCUT2D eigenvalue weighted by atomic mass is 79.9. The third-order valence-corrected chi connectivity index (χ3v) is 4.06. The molecule has 7 nitrogen and oxygen atoms in total. The highest BCUT2D eigenvalue weighted by molar-refractivity contribution is 9.10. The van der Waals surface area contributed by atoms with Crippen molar-refractivity contribution in [2.75, 3.05) is 7.11 Å². The topological polar surface area (TPSA) is 99.6 Å². The lowest BCUT2D eigenvalue weighted by Crippen LogP contribution is -2.18. The molecule has 2 aromatic carbocycles. The lowest BCUT2D eigenvalue weighted by Gasteiger charge is -2.04. The highest BCUT2D eigenvalue weighted by Crippen LogP contribution is 2.28. The minimum absolute atomic E-state index is 0.0613. The Balaban J connectivity index is 1.72. The van der Waals surface area contributed by atoms with Crippen LogP contribution >= 0.6 is 15.9 Å². The van der Waals surface area contributed by atoms with Crippen LogP contribution in [0.2, 0.25) is 0 Å². The second kappa shape index (κ2) is 7.83. The molecule has 0 aliphatic rings. The number of phenolic OH excluding ortho intramolecular Hbond substituents is 1. The molecule has 26 heavy (non-hydrogen) atoms.